The summed E-state index contributed by atoms with van der Waals surface area (Å²) in [6.45, 7) is 7.69. The molecule has 1 aromatic rings. The van der Waals surface area contributed by atoms with Crippen LogP contribution in [0.2, 0.25) is 0 Å². The van der Waals surface area contributed by atoms with Crippen molar-refractivity contribution in [3.8, 4) is 0 Å². The monoisotopic (exact) mass is 238 g/mol. The lowest BCUT2D eigenvalue weighted by Gasteiger charge is -2.31. The minimum absolute atomic E-state index is 0.724. The molecule has 1 fully saturated rings. The molecule has 17 heavy (non-hydrogen) atoms. The van der Waals surface area contributed by atoms with Gasteiger partial charge in [0.25, 0.3) is 0 Å². The number of hydrogen-bond donors (Lipinski definition) is 1. The molecule has 1 saturated heterocycles. The summed E-state index contributed by atoms with van der Waals surface area (Å²) >= 11 is 0. The van der Waals surface area contributed by atoms with Gasteiger partial charge in [0.1, 0.15) is 0 Å². The van der Waals surface area contributed by atoms with Crippen molar-refractivity contribution in [1.29, 1.82) is 0 Å². The van der Waals surface area contributed by atoms with E-state index < -0.39 is 0 Å². The second-order valence-electron chi connectivity index (χ2n) is 4.70. The Bertz CT molecular complexity index is 328. The van der Waals surface area contributed by atoms with Crippen LogP contribution < -0.4 is 5.32 Å². The number of rotatable bonds is 5. The first kappa shape index (κ1) is 12.4. The van der Waals surface area contributed by atoms with Crippen LogP contribution in [-0.2, 0) is 13.6 Å². The third-order valence-electron chi connectivity index (χ3n) is 3.42. The summed E-state index contributed by atoms with van der Waals surface area (Å²) in [6, 6.07) is 0. The number of piperidine rings is 1. The van der Waals surface area contributed by atoms with E-state index in [2.05, 4.69) is 32.6 Å². The molecule has 2 heterocycles. The van der Waals surface area contributed by atoms with Gasteiger partial charge in [-0.2, -0.15) is 4.80 Å². The summed E-state index contributed by atoms with van der Waals surface area (Å²) in [4.78, 5) is 4.01. The first-order valence-electron chi connectivity index (χ1n) is 6.44. The van der Waals surface area contributed by atoms with E-state index in [1.165, 1.54) is 37.3 Å². The van der Waals surface area contributed by atoms with Gasteiger partial charge < -0.3 is 10.2 Å². The molecule has 2 rings (SSSR count). The third-order valence-corrected chi connectivity index (χ3v) is 3.42. The van der Waals surface area contributed by atoms with Gasteiger partial charge in [-0.1, -0.05) is 6.92 Å². The Balaban J connectivity index is 1.63. The van der Waals surface area contributed by atoms with Crippen molar-refractivity contribution in [3.05, 3.63) is 5.82 Å². The molecular weight excluding hydrogens is 216 g/mol. The van der Waals surface area contributed by atoms with Crippen LogP contribution in [0.1, 0.15) is 25.6 Å². The second kappa shape index (κ2) is 6.07. The highest BCUT2D eigenvalue weighted by Crippen LogP contribution is 2.15. The molecule has 1 aliphatic heterocycles. The van der Waals surface area contributed by atoms with Gasteiger partial charge in [0.05, 0.1) is 13.6 Å². The third kappa shape index (κ3) is 3.74. The Morgan fingerprint density at radius 3 is 2.71 bits per heavy atom. The maximum atomic E-state index is 4.14. The van der Waals surface area contributed by atoms with Crippen molar-refractivity contribution in [1.82, 2.24) is 30.4 Å². The molecule has 0 bridgehead atoms. The first-order chi connectivity index (χ1) is 8.28. The van der Waals surface area contributed by atoms with Crippen molar-refractivity contribution in [2.24, 2.45) is 13.0 Å². The van der Waals surface area contributed by atoms with Crippen LogP contribution in [0.5, 0.6) is 0 Å². The molecule has 6 heteroatoms. The van der Waals surface area contributed by atoms with Crippen LogP contribution in [0, 0.1) is 5.92 Å². The summed E-state index contributed by atoms with van der Waals surface area (Å²) < 4.78 is 0. The summed E-state index contributed by atoms with van der Waals surface area (Å²) in [5.74, 6) is 1.58. The van der Waals surface area contributed by atoms with Gasteiger partial charge in [0, 0.05) is 0 Å². The van der Waals surface area contributed by atoms with Gasteiger partial charge in [-0.25, -0.2) is 0 Å². The predicted molar refractivity (Wildman–Crippen MR) is 65.3 cm³/mol. The van der Waals surface area contributed by atoms with Gasteiger partial charge in [-0.3, -0.25) is 0 Å². The normalized spacial score (nSPS) is 18.7. The molecule has 0 unspecified atom stereocenters. The average molecular weight is 238 g/mol. The highest BCUT2D eigenvalue weighted by Gasteiger charge is 2.17. The van der Waals surface area contributed by atoms with Crippen LogP contribution in [0.4, 0.5) is 0 Å². The molecule has 1 aromatic heterocycles. The van der Waals surface area contributed by atoms with Crippen molar-refractivity contribution in [2.75, 3.05) is 26.2 Å². The van der Waals surface area contributed by atoms with E-state index in [1.54, 1.807) is 7.05 Å². The number of likely N-dealkylation sites (tertiary alicyclic amines) is 1. The molecule has 96 valence electrons. The number of nitrogens with zero attached hydrogens (tertiary/aromatic N) is 5. The fourth-order valence-corrected chi connectivity index (χ4v) is 2.29. The second-order valence-corrected chi connectivity index (χ2v) is 4.70. The molecule has 0 saturated carbocycles. The van der Waals surface area contributed by atoms with Crippen molar-refractivity contribution >= 4 is 0 Å². The average Bonchev–Trinajstić information content (AvgIpc) is 2.76. The standard InChI is InChI=1S/C11H22N6/c1-3-17-6-4-10(5-7-17)8-12-9-11-13-15-16(2)14-11/h10,12H,3-9H2,1-2H3. The quantitative estimate of drug-likeness (QED) is 0.784. The van der Waals surface area contributed by atoms with E-state index in [-0.39, 0.29) is 0 Å². The zero-order valence-corrected chi connectivity index (χ0v) is 10.8. The minimum atomic E-state index is 0.724. The van der Waals surface area contributed by atoms with E-state index in [1.807, 2.05) is 0 Å². The fraction of sp³-hybridized carbons (Fsp3) is 0.909. The Kier molecular flexibility index (Phi) is 4.44. The molecule has 0 spiro atoms. The van der Waals surface area contributed by atoms with E-state index in [9.17, 15) is 0 Å². The zero-order chi connectivity index (χ0) is 12.1. The van der Waals surface area contributed by atoms with Crippen molar-refractivity contribution < 1.29 is 0 Å². The van der Waals surface area contributed by atoms with Gasteiger partial charge in [-0.05, 0) is 50.2 Å². The summed E-state index contributed by atoms with van der Waals surface area (Å²) in [7, 11) is 1.79. The highest BCUT2D eigenvalue weighted by atomic mass is 15.6. The molecule has 6 nitrogen and oxygen atoms in total. The van der Waals surface area contributed by atoms with Crippen LogP contribution in [0.3, 0.4) is 0 Å². The van der Waals surface area contributed by atoms with E-state index >= 15 is 0 Å². The summed E-state index contributed by atoms with van der Waals surface area (Å²) in [6.07, 6.45) is 2.60. The number of aryl methyl sites for hydroxylation is 1. The Morgan fingerprint density at radius 2 is 2.12 bits per heavy atom. The molecule has 0 atom stereocenters. The van der Waals surface area contributed by atoms with Crippen molar-refractivity contribution in [2.45, 2.75) is 26.3 Å². The SMILES string of the molecule is CCN1CCC(CNCc2nnn(C)n2)CC1. The highest BCUT2D eigenvalue weighted by molar-refractivity contribution is 4.77. The smallest absolute Gasteiger partial charge is 0.188 e. The molecule has 0 amide bonds. The van der Waals surface area contributed by atoms with Crippen LogP contribution in [0.25, 0.3) is 0 Å². The van der Waals surface area contributed by atoms with Crippen LogP contribution in [-0.4, -0.2) is 51.3 Å². The van der Waals surface area contributed by atoms with Gasteiger partial charge in [-0.15, -0.1) is 10.2 Å². The molecule has 1 N–H and O–H groups in total. The Morgan fingerprint density at radius 1 is 1.35 bits per heavy atom. The lowest BCUT2D eigenvalue weighted by atomic mass is 9.97. The van der Waals surface area contributed by atoms with Crippen LogP contribution >= 0.6 is 0 Å². The van der Waals surface area contributed by atoms with E-state index in [4.69, 9.17) is 0 Å². The lowest BCUT2D eigenvalue weighted by molar-refractivity contribution is 0.190. The van der Waals surface area contributed by atoms with Gasteiger partial charge in [0.2, 0.25) is 0 Å². The number of hydrogen-bond acceptors (Lipinski definition) is 5. The first-order valence-corrected chi connectivity index (χ1v) is 6.44. The molecule has 0 radical (unpaired) electrons. The minimum Gasteiger partial charge on any atom is -0.309 e. The summed E-state index contributed by atoms with van der Waals surface area (Å²) in [5.41, 5.74) is 0. The Labute approximate surface area is 102 Å². The molecule has 0 aromatic carbocycles. The number of aromatic nitrogens is 4. The number of tetrazole rings is 1. The fourth-order valence-electron chi connectivity index (χ4n) is 2.29. The topological polar surface area (TPSA) is 58.9 Å². The molecular formula is C11H22N6. The van der Waals surface area contributed by atoms with Gasteiger partial charge >= 0.3 is 0 Å². The molecule has 0 aliphatic carbocycles. The van der Waals surface area contributed by atoms with E-state index in [0.717, 1.165) is 24.8 Å². The van der Waals surface area contributed by atoms with Crippen molar-refractivity contribution in [3.63, 3.8) is 0 Å². The number of nitrogens with one attached hydrogen (secondary N) is 1. The van der Waals surface area contributed by atoms with Crippen LogP contribution in [0.15, 0.2) is 0 Å². The predicted octanol–water partition coefficient (Wildman–Crippen LogP) is 0.0316. The molecule has 1 aliphatic rings. The lowest BCUT2D eigenvalue weighted by Crippen LogP contribution is -2.37. The maximum absolute atomic E-state index is 4.14. The largest absolute Gasteiger partial charge is 0.309 e. The maximum Gasteiger partial charge on any atom is 0.188 e. The zero-order valence-electron chi connectivity index (χ0n) is 10.8. The van der Waals surface area contributed by atoms with Gasteiger partial charge in [0.15, 0.2) is 5.82 Å². The summed E-state index contributed by atoms with van der Waals surface area (Å²) in [5, 5.41) is 15.3. The Hall–Kier alpha value is -1.01. The van der Waals surface area contributed by atoms with E-state index in [0.29, 0.717) is 0 Å².